The van der Waals surface area contributed by atoms with E-state index in [9.17, 15) is 4.79 Å². The SMILES string of the molecule is O=C(NCC1(c2ccccn2)C2CCN(c3cnc4c(I)nn(C5CCCCO5)c4n3)CC21)OCc1ccccc1. The number of piperidine rings is 1. The third kappa shape index (κ3) is 5.03. The van der Waals surface area contributed by atoms with Gasteiger partial charge in [-0.25, -0.2) is 19.4 Å². The van der Waals surface area contributed by atoms with Gasteiger partial charge in [0.05, 0.1) is 6.20 Å². The second-order valence-electron chi connectivity index (χ2n) is 11.1. The molecular weight excluding hydrogens is 633 g/mol. The molecule has 4 aromatic rings. The molecule has 0 spiro atoms. The van der Waals surface area contributed by atoms with Crippen LogP contribution in [0.2, 0.25) is 0 Å². The van der Waals surface area contributed by atoms with Crippen molar-refractivity contribution in [2.24, 2.45) is 11.8 Å². The number of hydrogen-bond acceptors (Lipinski definition) is 8. The molecule has 4 atom stereocenters. The average Bonchev–Trinajstić information content (AvgIpc) is 3.57. The van der Waals surface area contributed by atoms with Crippen molar-refractivity contribution in [3.8, 4) is 0 Å². The molecule has 1 amide bonds. The molecular formula is C30H32IN7O3. The number of aromatic nitrogens is 5. The predicted molar refractivity (Wildman–Crippen MR) is 161 cm³/mol. The van der Waals surface area contributed by atoms with E-state index in [0.717, 1.165) is 77.3 Å². The molecule has 11 heteroatoms. The molecule has 2 aliphatic heterocycles. The number of nitrogens with one attached hydrogen (secondary N) is 1. The Hall–Kier alpha value is -3.32. The zero-order chi connectivity index (χ0) is 27.8. The van der Waals surface area contributed by atoms with Gasteiger partial charge in [0.1, 0.15) is 17.9 Å². The van der Waals surface area contributed by atoms with E-state index in [2.05, 4.69) is 38.9 Å². The van der Waals surface area contributed by atoms with Crippen LogP contribution in [-0.2, 0) is 21.5 Å². The van der Waals surface area contributed by atoms with Crippen molar-refractivity contribution in [3.05, 3.63) is 75.9 Å². The van der Waals surface area contributed by atoms with Gasteiger partial charge in [-0.2, -0.15) is 5.10 Å². The van der Waals surface area contributed by atoms with Crippen LogP contribution in [0.3, 0.4) is 0 Å². The predicted octanol–water partition coefficient (Wildman–Crippen LogP) is 4.85. The maximum atomic E-state index is 12.7. The number of amides is 1. The van der Waals surface area contributed by atoms with Crippen LogP contribution in [0.25, 0.3) is 11.2 Å². The average molecular weight is 666 g/mol. The first-order chi connectivity index (χ1) is 20.1. The summed E-state index contributed by atoms with van der Waals surface area (Å²) in [6, 6.07) is 15.8. The van der Waals surface area contributed by atoms with Gasteiger partial charge in [0.15, 0.2) is 15.6 Å². The largest absolute Gasteiger partial charge is 0.445 e. The van der Waals surface area contributed by atoms with Crippen LogP contribution in [0.1, 0.15) is 43.2 Å². The molecule has 0 bridgehead atoms. The third-order valence-electron chi connectivity index (χ3n) is 8.81. The molecule has 1 aromatic carbocycles. The lowest BCUT2D eigenvalue weighted by molar-refractivity contribution is -0.0372. The lowest BCUT2D eigenvalue weighted by atomic mass is 9.96. The number of carbonyl (C=O) groups is 1. The van der Waals surface area contributed by atoms with E-state index < -0.39 is 6.09 Å². The Kier molecular flexibility index (Phi) is 7.23. The standard InChI is InChI=1S/C30H32IN7O3/c31-27-26-28(38(36-27)25-11-5-7-15-40-25)35-24(16-33-26)37-14-12-21-22(17-37)30(21,23-10-4-6-13-32-23)19-34-29(39)41-18-20-8-2-1-3-9-20/h1-4,6,8-10,13,16,21-22,25H,5,7,11-12,14-15,17-19H2,(H,34,39). The van der Waals surface area contributed by atoms with E-state index in [0.29, 0.717) is 18.4 Å². The highest BCUT2D eigenvalue weighted by Crippen LogP contribution is 2.62. The molecule has 10 nitrogen and oxygen atoms in total. The monoisotopic (exact) mass is 665 g/mol. The summed E-state index contributed by atoms with van der Waals surface area (Å²) in [6.45, 7) is 3.14. The number of halogens is 1. The van der Waals surface area contributed by atoms with Crippen molar-refractivity contribution < 1.29 is 14.3 Å². The number of ether oxygens (including phenoxy) is 2. The first-order valence-electron chi connectivity index (χ1n) is 14.3. The minimum Gasteiger partial charge on any atom is -0.445 e. The van der Waals surface area contributed by atoms with Gasteiger partial charge in [0.25, 0.3) is 0 Å². The van der Waals surface area contributed by atoms with Gasteiger partial charge in [-0.1, -0.05) is 36.4 Å². The summed E-state index contributed by atoms with van der Waals surface area (Å²) in [6.07, 6.45) is 7.30. The highest BCUT2D eigenvalue weighted by atomic mass is 127. The second-order valence-corrected chi connectivity index (χ2v) is 12.1. The van der Waals surface area contributed by atoms with E-state index in [1.165, 1.54) is 0 Å². The molecule has 7 rings (SSSR count). The summed E-state index contributed by atoms with van der Waals surface area (Å²) in [5, 5.41) is 7.80. The van der Waals surface area contributed by atoms with E-state index in [-0.39, 0.29) is 18.2 Å². The first-order valence-corrected chi connectivity index (χ1v) is 15.3. The highest BCUT2D eigenvalue weighted by molar-refractivity contribution is 14.1. The van der Waals surface area contributed by atoms with Crippen molar-refractivity contribution in [2.45, 2.75) is 43.9 Å². The summed E-state index contributed by atoms with van der Waals surface area (Å²) in [4.78, 5) is 29.6. The summed E-state index contributed by atoms with van der Waals surface area (Å²) < 4.78 is 14.3. The Balaban J connectivity index is 1.09. The molecule has 1 saturated carbocycles. The Morgan fingerprint density at radius 3 is 2.78 bits per heavy atom. The van der Waals surface area contributed by atoms with Crippen LogP contribution in [0.4, 0.5) is 10.6 Å². The van der Waals surface area contributed by atoms with Gasteiger partial charge >= 0.3 is 6.09 Å². The van der Waals surface area contributed by atoms with Gasteiger partial charge in [-0.05, 0) is 77.8 Å². The number of pyridine rings is 1. The number of hydrogen-bond donors (Lipinski definition) is 1. The third-order valence-corrected chi connectivity index (χ3v) is 9.54. The smallest absolute Gasteiger partial charge is 0.407 e. The Morgan fingerprint density at radius 1 is 1.10 bits per heavy atom. The van der Waals surface area contributed by atoms with Crippen molar-refractivity contribution in [1.29, 1.82) is 0 Å². The van der Waals surface area contributed by atoms with Gasteiger partial charge in [-0.3, -0.25) is 4.98 Å². The van der Waals surface area contributed by atoms with Crippen molar-refractivity contribution in [1.82, 2.24) is 30.0 Å². The first kappa shape index (κ1) is 26.6. The zero-order valence-corrected chi connectivity index (χ0v) is 24.8. The Bertz CT molecular complexity index is 1530. The van der Waals surface area contributed by atoms with Crippen LogP contribution in [-0.4, -0.2) is 57.1 Å². The summed E-state index contributed by atoms with van der Waals surface area (Å²) in [7, 11) is 0. The molecule has 1 N–H and O–H groups in total. The van der Waals surface area contributed by atoms with E-state index in [1.807, 2.05) is 59.5 Å². The molecule has 4 unspecified atom stereocenters. The van der Waals surface area contributed by atoms with E-state index >= 15 is 0 Å². The molecule has 3 fully saturated rings. The number of benzene rings is 1. The summed E-state index contributed by atoms with van der Waals surface area (Å²) >= 11 is 2.23. The highest BCUT2D eigenvalue weighted by Gasteiger charge is 2.67. The number of rotatable bonds is 7. The summed E-state index contributed by atoms with van der Waals surface area (Å²) in [5.41, 5.74) is 3.32. The maximum Gasteiger partial charge on any atom is 0.407 e. The molecule has 3 aromatic heterocycles. The topological polar surface area (TPSA) is 107 Å². The molecule has 5 heterocycles. The normalized spacial score (nSPS) is 25.5. The van der Waals surface area contributed by atoms with Crippen LogP contribution in [0.5, 0.6) is 0 Å². The van der Waals surface area contributed by atoms with Gasteiger partial charge < -0.3 is 19.7 Å². The zero-order valence-electron chi connectivity index (χ0n) is 22.7. The van der Waals surface area contributed by atoms with Crippen LogP contribution < -0.4 is 10.2 Å². The fourth-order valence-electron chi connectivity index (χ4n) is 6.68. The number of anilines is 1. The van der Waals surface area contributed by atoms with E-state index in [1.54, 1.807) is 0 Å². The Morgan fingerprint density at radius 2 is 1.98 bits per heavy atom. The number of alkyl carbamates (subject to hydrolysis) is 1. The number of carbonyl (C=O) groups excluding carboxylic acids is 1. The quantitative estimate of drug-likeness (QED) is 0.280. The second kappa shape index (κ2) is 11.2. The maximum absolute atomic E-state index is 12.7. The minimum atomic E-state index is -0.409. The number of fused-ring (bicyclic) bond motifs is 2. The molecule has 0 radical (unpaired) electrons. The van der Waals surface area contributed by atoms with Crippen LogP contribution in [0, 0.1) is 15.5 Å². The number of nitrogens with zero attached hydrogens (tertiary/aromatic N) is 6. The lowest BCUT2D eigenvalue weighted by Crippen LogP contribution is -2.36. The van der Waals surface area contributed by atoms with Crippen molar-refractivity contribution in [2.75, 3.05) is 31.1 Å². The van der Waals surface area contributed by atoms with Gasteiger partial charge in [0, 0.05) is 43.5 Å². The fraction of sp³-hybridized carbons (Fsp3) is 0.433. The van der Waals surface area contributed by atoms with Gasteiger partial charge in [0.2, 0.25) is 0 Å². The van der Waals surface area contributed by atoms with Gasteiger partial charge in [-0.15, -0.1) is 0 Å². The van der Waals surface area contributed by atoms with Crippen molar-refractivity contribution in [3.63, 3.8) is 0 Å². The fourth-order valence-corrected chi connectivity index (χ4v) is 7.30. The summed E-state index contributed by atoms with van der Waals surface area (Å²) in [5.74, 6) is 1.59. The minimum absolute atomic E-state index is 0.0991. The molecule has 1 aliphatic carbocycles. The Labute approximate surface area is 252 Å². The molecule has 41 heavy (non-hydrogen) atoms. The van der Waals surface area contributed by atoms with E-state index in [4.69, 9.17) is 29.5 Å². The van der Waals surface area contributed by atoms with Crippen molar-refractivity contribution >= 4 is 45.7 Å². The molecule has 3 aliphatic rings. The lowest BCUT2D eigenvalue weighted by Gasteiger charge is -2.27. The molecule has 212 valence electrons. The molecule has 2 saturated heterocycles. The van der Waals surface area contributed by atoms with Crippen LogP contribution >= 0.6 is 22.6 Å². The van der Waals surface area contributed by atoms with Crippen LogP contribution in [0.15, 0.2) is 60.9 Å².